The number of rotatable bonds is 16. The van der Waals surface area contributed by atoms with Crippen LogP contribution in [-0.2, 0) is 56.8 Å². The molecule has 2 aromatic carbocycles. The van der Waals surface area contributed by atoms with Gasteiger partial charge in [0.15, 0.2) is 14.6 Å². The summed E-state index contributed by atoms with van der Waals surface area (Å²) in [5.74, 6) is -2.37. The summed E-state index contributed by atoms with van der Waals surface area (Å²) in [5.41, 5.74) is 7.59. The SMILES string of the molecule is CC(=O)O[C@@H]1OC(CO)[C@@H](C)[C@H](C)C1N.CC(=O)O[C@@H]1OC(CO)[C@@H](C)[C@H](C)C1NC(=O)C(F)(F)F.COc1ccc(C=NC2[C@H](O)OC(CO)[C@@H](O)[C@@H]2O)cc1.COc1ccc(C=NC2[C@H](OC(C)=O)OC(CO[Si](C)(C)C(C)(C)C)[C@@H](C)[C@@H]2C)cc1.Cl. The number of nitrogens with zero attached hydrogens (tertiary/aromatic N) is 2. The number of aliphatic hydroxyl groups is 6. The fourth-order valence-corrected chi connectivity index (χ4v) is 10.4. The molecule has 6 rings (SSSR count). The minimum atomic E-state index is -5.04. The number of ether oxygens (including phenoxy) is 9. The van der Waals surface area contributed by atoms with Crippen molar-refractivity contribution < 1.29 is 110 Å². The minimum absolute atomic E-state index is 0. The van der Waals surface area contributed by atoms with Gasteiger partial charge >= 0.3 is 30.0 Å². The molecule has 89 heavy (non-hydrogen) atoms. The van der Waals surface area contributed by atoms with Gasteiger partial charge in [0.2, 0.25) is 18.9 Å². The van der Waals surface area contributed by atoms with Crippen LogP contribution in [0.1, 0.15) is 94.2 Å². The second-order valence-corrected chi connectivity index (χ2v) is 28.7. The monoisotopic (exact) mass is 1310 g/mol. The van der Waals surface area contributed by atoms with Crippen molar-refractivity contribution >= 4 is 57.0 Å². The Hall–Kier alpha value is -4.92. The van der Waals surface area contributed by atoms with Gasteiger partial charge in [-0.3, -0.25) is 29.2 Å². The van der Waals surface area contributed by atoms with E-state index in [0.717, 1.165) is 23.8 Å². The number of carbonyl (C=O) groups excluding carboxylic acids is 4. The highest BCUT2D eigenvalue weighted by molar-refractivity contribution is 6.74. The van der Waals surface area contributed by atoms with Gasteiger partial charge in [0.05, 0.1) is 71.0 Å². The first-order chi connectivity index (χ1) is 41.0. The van der Waals surface area contributed by atoms with E-state index < -0.39 is 107 Å². The standard InChI is InChI=1S/C24H39NO5Si.C14H19NO6.C12H18F3NO5.C10H19NO4.ClH/c1-16-17(2)22(25-14-19-10-12-20(27-7)13-11-19)23(29-18(3)26)30-21(16)15-28-31(8,9)24(4,5)6;1-20-9-4-2-8(3-5-9)6-15-11-13(18)12(17)10(7-16)21-14(11)19;1-5-6(2)9(16-11(19)12(13,14)15)10(20-7(3)18)21-8(5)4-17;1-5-6(2)9(11)10(14-7(3)13)15-8(5)4-12;/h10-14,16-17,21-23H,15H2,1-9H3;2-6,10-14,16-19H,7H2,1H3;5-6,8-10,17H,4H2,1-3H3,(H,16,19);5-6,8-10,12H,4,11H2,1-3H3;1H/t16-,17-,21?,22?,23+;10?,11?,12-,13-,14-;2*5-,6-,8?,9?,10+;/m0100./s1. The number of aliphatic imine (C=N–C) groups is 2. The number of nitrogens with two attached hydrogens (primary N) is 1. The first kappa shape index (κ1) is 80.2. The van der Waals surface area contributed by atoms with Crippen LogP contribution in [0.5, 0.6) is 11.5 Å². The fraction of sp³-hybridized carbons (Fsp3) is 0.700. The van der Waals surface area contributed by atoms with Crippen LogP contribution in [0.2, 0.25) is 18.1 Å². The molecular formula is C60H96ClF3N4O20Si. The van der Waals surface area contributed by atoms with Crippen molar-refractivity contribution in [1.29, 1.82) is 0 Å². The van der Waals surface area contributed by atoms with Crippen molar-refractivity contribution in [2.24, 2.45) is 51.2 Å². The Balaban J connectivity index is 0.000000416. The summed E-state index contributed by atoms with van der Waals surface area (Å²) in [5, 5.41) is 58.7. The lowest BCUT2D eigenvalue weighted by Gasteiger charge is -2.44. The summed E-state index contributed by atoms with van der Waals surface area (Å²) < 4.78 is 91.0. The van der Waals surface area contributed by atoms with Crippen LogP contribution in [0, 0.1) is 35.5 Å². The van der Waals surface area contributed by atoms with Gasteiger partial charge in [-0.25, -0.2) is 0 Å². The lowest BCUT2D eigenvalue weighted by Crippen LogP contribution is -2.60. The van der Waals surface area contributed by atoms with Gasteiger partial charge in [-0.15, -0.1) is 12.4 Å². The molecule has 0 spiro atoms. The second kappa shape index (κ2) is 36.4. The molecule has 29 heteroatoms. The van der Waals surface area contributed by atoms with Gasteiger partial charge in [0.25, 0.3) is 0 Å². The smallest absolute Gasteiger partial charge is 0.471 e. The Kier molecular flexibility index (Phi) is 32.7. The first-order valence-electron chi connectivity index (χ1n) is 29.1. The van der Waals surface area contributed by atoms with Crippen molar-refractivity contribution in [3.8, 4) is 11.5 Å². The third kappa shape index (κ3) is 23.6. The molecule has 1 amide bonds. The van der Waals surface area contributed by atoms with Crippen molar-refractivity contribution in [1.82, 2.24) is 5.32 Å². The number of carbonyl (C=O) groups is 4. The molecule has 4 fully saturated rings. The highest BCUT2D eigenvalue weighted by atomic mass is 35.5. The van der Waals surface area contributed by atoms with Crippen LogP contribution >= 0.6 is 12.4 Å². The third-order valence-electron chi connectivity index (χ3n) is 16.8. The minimum Gasteiger partial charge on any atom is -0.497 e. The van der Waals surface area contributed by atoms with Gasteiger partial charge in [0, 0.05) is 33.2 Å². The van der Waals surface area contributed by atoms with Crippen molar-refractivity contribution in [3.63, 3.8) is 0 Å². The summed E-state index contributed by atoms with van der Waals surface area (Å²) in [6.07, 6.45) is -10.8. The molecule has 4 aliphatic rings. The average molecular weight is 1310 g/mol. The van der Waals surface area contributed by atoms with Gasteiger partial charge < -0.3 is 88.7 Å². The van der Waals surface area contributed by atoms with E-state index in [1.165, 1.54) is 20.1 Å². The van der Waals surface area contributed by atoms with Crippen LogP contribution in [0.4, 0.5) is 13.2 Å². The fourth-order valence-electron chi connectivity index (χ4n) is 9.41. The molecule has 0 aromatic heterocycles. The molecule has 4 saturated heterocycles. The zero-order valence-corrected chi connectivity index (χ0v) is 55.4. The van der Waals surface area contributed by atoms with E-state index in [9.17, 15) is 52.8 Å². The van der Waals surface area contributed by atoms with Crippen LogP contribution in [0.15, 0.2) is 58.5 Å². The molecule has 20 atom stereocenters. The van der Waals surface area contributed by atoms with Crippen LogP contribution < -0.4 is 20.5 Å². The van der Waals surface area contributed by atoms with E-state index in [1.807, 2.05) is 38.1 Å². The summed E-state index contributed by atoms with van der Waals surface area (Å²) in [6, 6.07) is 11.9. The number of amides is 1. The van der Waals surface area contributed by atoms with Gasteiger partial charge in [-0.05, 0) is 113 Å². The highest BCUT2D eigenvalue weighted by Gasteiger charge is 2.49. The largest absolute Gasteiger partial charge is 0.497 e. The maximum absolute atomic E-state index is 12.4. The predicted molar refractivity (Wildman–Crippen MR) is 326 cm³/mol. The summed E-state index contributed by atoms with van der Waals surface area (Å²) in [4.78, 5) is 53.5. The number of nitrogens with one attached hydrogen (secondary N) is 1. The number of hydrogen-bond donors (Lipinski definition) is 8. The zero-order chi connectivity index (χ0) is 66.8. The van der Waals surface area contributed by atoms with E-state index in [-0.39, 0.29) is 90.5 Å². The first-order valence-corrected chi connectivity index (χ1v) is 32.0. The Bertz CT molecular complexity index is 2540. The molecule has 0 aliphatic carbocycles. The average Bonchev–Trinajstić information content (AvgIpc) is 3.65. The van der Waals surface area contributed by atoms with Crippen LogP contribution in [-0.4, -0.2) is 208 Å². The van der Waals surface area contributed by atoms with Gasteiger partial charge in [-0.2, -0.15) is 13.2 Å². The van der Waals surface area contributed by atoms with Gasteiger partial charge in [0.1, 0.15) is 41.9 Å². The molecule has 0 bridgehead atoms. The molecule has 24 nitrogen and oxygen atoms in total. The van der Waals surface area contributed by atoms with Crippen molar-refractivity contribution in [2.75, 3.05) is 40.6 Å². The van der Waals surface area contributed by atoms with E-state index in [4.69, 9.17) is 68.0 Å². The van der Waals surface area contributed by atoms with Crippen molar-refractivity contribution in [2.45, 2.75) is 193 Å². The number of halogens is 4. The molecule has 508 valence electrons. The number of hydrogen-bond acceptors (Lipinski definition) is 23. The molecule has 4 aliphatic heterocycles. The van der Waals surface area contributed by atoms with E-state index in [2.05, 4.69) is 52.7 Å². The number of benzene rings is 2. The second-order valence-electron chi connectivity index (χ2n) is 23.9. The maximum Gasteiger partial charge on any atom is 0.471 e. The molecule has 0 radical (unpaired) electrons. The van der Waals surface area contributed by atoms with Crippen LogP contribution in [0.25, 0.3) is 0 Å². The molecule has 8 unspecified atom stereocenters. The van der Waals surface area contributed by atoms with E-state index in [1.54, 1.807) is 63.9 Å². The predicted octanol–water partition coefficient (Wildman–Crippen LogP) is 4.85. The van der Waals surface area contributed by atoms with Gasteiger partial charge in [-0.1, -0.05) is 62.3 Å². The van der Waals surface area contributed by atoms with Crippen LogP contribution in [0.3, 0.4) is 0 Å². The maximum atomic E-state index is 12.4. The number of esters is 3. The molecule has 4 heterocycles. The topological polar surface area (TPSA) is 345 Å². The third-order valence-corrected chi connectivity index (χ3v) is 21.3. The Morgan fingerprint density at radius 2 is 1.00 bits per heavy atom. The molecule has 2 aromatic rings. The van der Waals surface area contributed by atoms with Crippen molar-refractivity contribution in [3.05, 3.63) is 59.7 Å². The quantitative estimate of drug-likeness (QED) is 0.0482. The summed E-state index contributed by atoms with van der Waals surface area (Å²) in [7, 11) is 1.30. The number of aliphatic hydroxyl groups excluding tert-OH is 6. The Labute approximate surface area is 526 Å². The lowest BCUT2D eigenvalue weighted by atomic mass is 9.82. The normalized spacial score (nSPS) is 32.2. The summed E-state index contributed by atoms with van der Waals surface area (Å²) >= 11 is 0. The zero-order valence-electron chi connectivity index (χ0n) is 53.6. The Morgan fingerprint density at radius 1 is 0.596 bits per heavy atom. The molecular weight excluding hydrogens is 1220 g/mol. The highest BCUT2D eigenvalue weighted by Crippen LogP contribution is 2.39. The Morgan fingerprint density at radius 3 is 1.43 bits per heavy atom. The molecule has 0 saturated carbocycles. The van der Waals surface area contributed by atoms with E-state index >= 15 is 0 Å². The lowest BCUT2D eigenvalue weighted by molar-refractivity contribution is -0.248. The van der Waals surface area contributed by atoms with E-state index in [0.29, 0.717) is 12.4 Å². The number of alkyl halides is 3. The molecule has 9 N–H and O–H groups in total. The number of methoxy groups -OCH3 is 2. The summed E-state index contributed by atoms with van der Waals surface area (Å²) in [6.45, 7) is 25.9.